The lowest BCUT2D eigenvalue weighted by Crippen LogP contribution is -2.21. The predicted molar refractivity (Wildman–Crippen MR) is 178 cm³/mol. The van der Waals surface area contributed by atoms with E-state index < -0.39 is 24.5 Å². The highest BCUT2D eigenvalue weighted by molar-refractivity contribution is 5.88. The summed E-state index contributed by atoms with van der Waals surface area (Å²) < 4.78 is 15.7. The van der Waals surface area contributed by atoms with Gasteiger partial charge < -0.3 is 19.3 Å². The van der Waals surface area contributed by atoms with Crippen molar-refractivity contribution in [2.45, 2.75) is 58.3 Å². The second-order valence-electron chi connectivity index (χ2n) is 10.6. The Hall–Kier alpha value is -4.18. The van der Waals surface area contributed by atoms with Crippen molar-refractivity contribution < 1.29 is 28.9 Å². The van der Waals surface area contributed by atoms with Crippen LogP contribution >= 0.6 is 0 Å². The summed E-state index contributed by atoms with van der Waals surface area (Å²) in [6.45, 7) is 11.0. The maximum Gasteiger partial charge on any atom is 0.335 e. The lowest BCUT2D eigenvalue weighted by molar-refractivity contribution is -0.143. The van der Waals surface area contributed by atoms with Gasteiger partial charge in [0, 0.05) is 12.7 Å². The Morgan fingerprint density at radius 2 is 1.50 bits per heavy atom. The number of terminal acetylenes is 1. The van der Waals surface area contributed by atoms with Crippen molar-refractivity contribution in [1.29, 1.82) is 0 Å². The molecule has 234 valence electrons. The molecule has 0 saturated heterocycles. The molecule has 0 spiro atoms. The van der Waals surface area contributed by atoms with Gasteiger partial charge in [-0.15, -0.1) is 6.42 Å². The third-order valence-corrected chi connectivity index (χ3v) is 7.13. The van der Waals surface area contributed by atoms with Gasteiger partial charge in [-0.25, -0.2) is 9.59 Å². The normalized spacial score (nSPS) is 12.2. The number of aliphatic hydroxyl groups is 1. The van der Waals surface area contributed by atoms with E-state index in [9.17, 15) is 14.7 Å². The summed E-state index contributed by atoms with van der Waals surface area (Å²) in [6.07, 6.45) is 16.5. The number of benzene rings is 2. The maximum absolute atomic E-state index is 12.3. The number of carbonyl (C=O) groups is 2. The highest BCUT2D eigenvalue weighted by atomic mass is 16.5. The van der Waals surface area contributed by atoms with Gasteiger partial charge in [0.2, 0.25) is 0 Å². The molecular weight excluding hydrogens is 552 g/mol. The topological polar surface area (TPSA) is 82.1 Å². The first-order chi connectivity index (χ1) is 21.3. The van der Waals surface area contributed by atoms with E-state index in [0.29, 0.717) is 0 Å². The molecule has 6 nitrogen and oxygen atoms in total. The molecule has 0 aliphatic heterocycles. The van der Waals surface area contributed by atoms with Crippen LogP contribution < -0.4 is 0 Å². The van der Waals surface area contributed by atoms with E-state index in [2.05, 4.69) is 63.3 Å². The Morgan fingerprint density at radius 3 is 2.05 bits per heavy atom. The van der Waals surface area contributed by atoms with E-state index in [0.717, 1.165) is 47.1 Å². The summed E-state index contributed by atoms with van der Waals surface area (Å²) in [5, 5.41) is 9.20. The Balaban J connectivity index is 2.27. The van der Waals surface area contributed by atoms with Crippen LogP contribution in [-0.2, 0) is 30.2 Å². The van der Waals surface area contributed by atoms with Crippen LogP contribution in [0.15, 0.2) is 85.0 Å². The predicted octanol–water partition coefficient (Wildman–Crippen LogP) is 7.24. The minimum atomic E-state index is -0.709. The molecule has 0 heterocycles. The van der Waals surface area contributed by atoms with Crippen LogP contribution in [0.1, 0.15) is 74.1 Å². The number of hydrogen-bond donors (Lipinski definition) is 1. The number of methoxy groups -OCH3 is 1. The minimum Gasteiger partial charge on any atom is -0.461 e. The highest BCUT2D eigenvalue weighted by Gasteiger charge is 2.19. The van der Waals surface area contributed by atoms with E-state index in [1.54, 1.807) is 0 Å². The van der Waals surface area contributed by atoms with Gasteiger partial charge in [-0.05, 0) is 53.2 Å². The van der Waals surface area contributed by atoms with Gasteiger partial charge in [-0.3, -0.25) is 0 Å². The van der Waals surface area contributed by atoms with E-state index in [1.807, 2.05) is 30.3 Å². The van der Waals surface area contributed by atoms with Crippen LogP contribution in [0.4, 0.5) is 0 Å². The molecule has 0 bridgehead atoms. The molecule has 0 aromatic heterocycles. The van der Waals surface area contributed by atoms with Crippen molar-refractivity contribution in [3.8, 4) is 12.3 Å². The number of esters is 2. The Labute approximate surface area is 263 Å². The summed E-state index contributed by atoms with van der Waals surface area (Å²) in [4.78, 5) is 24.5. The number of rotatable bonds is 19. The first-order valence-corrected chi connectivity index (χ1v) is 15.1. The highest BCUT2D eigenvalue weighted by Crippen LogP contribution is 2.26. The standard InChI is InChI=1S/C38H46O6/c1-7-10-11-13-30-14-16-33(17-15-30)31(9-3)18-19-32(12-8-2)34-20-22-35(23-21-34)36(26-43-37(40)28(4)24-39)27-44-38(41)29(5)25-42-6/h3,14-23,36,39H,4-5,7-8,10-13,24-27H2,1-2,6H3/b31-18+,32-19+. The molecule has 2 rings (SSSR count). The number of carbonyl (C=O) groups excluding carboxylic acids is 2. The van der Waals surface area contributed by atoms with Crippen molar-refractivity contribution >= 4 is 23.1 Å². The molecule has 1 atom stereocenters. The van der Waals surface area contributed by atoms with Crippen LogP contribution in [0.2, 0.25) is 0 Å². The molecular formula is C38H46O6. The number of unbranched alkanes of at least 4 members (excludes halogenated alkanes) is 2. The van der Waals surface area contributed by atoms with Crippen LogP contribution in [0.25, 0.3) is 11.1 Å². The van der Waals surface area contributed by atoms with Gasteiger partial charge >= 0.3 is 11.9 Å². The monoisotopic (exact) mass is 598 g/mol. The van der Waals surface area contributed by atoms with E-state index in [-0.39, 0.29) is 31.0 Å². The fourth-order valence-electron chi connectivity index (χ4n) is 4.50. The third-order valence-electron chi connectivity index (χ3n) is 7.13. The van der Waals surface area contributed by atoms with Crippen molar-refractivity contribution in [3.63, 3.8) is 0 Å². The zero-order valence-corrected chi connectivity index (χ0v) is 26.4. The molecule has 6 heteroatoms. The lowest BCUT2D eigenvalue weighted by Gasteiger charge is -2.19. The Kier molecular flexibility index (Phi) is 16.3. The quantitative estimate of drug-likeness (QED) is 0.0604. The Morgan fingerprint density at radius 1 is 0.886 bits per heavy atom. The first-order valence-electron chi connectivity index (χ1n) is 15.1. The third kappa shape index (κ3) is 11.8. The molecule has 0 aliphatic carbocycles. The Bertz CT molecular complexity index is 1340. The summed E-state index contributed by atoms with van der Waals surface area (Å²) in [6, 6.07) is 16.4. The van der Waals surface area contributed by atoms with Gasteiger partial charge in [0.05, 0.1) is 30.3 Å². The number of hydrogen-bond acceptors (Lipinski definition) is 6. The number of aliphatic hydroxyl groups excluding tert-OH is 1. The molecule has 2 aromatic rings. The summed E-state index contributed by atoms with van der Waals surface area (Å²) >= 11 is 0. The molecule has 1 unspecified atom stereocenters. The molecule has 1 N–H and O–H groups in total. The van der Waals surface area contributed by atoms with Gasteiger partial charge in [-0.1, -0.05) is 107 Å². The fraction of sp³-hybridized carbons (Fsp3) is 0.368. The second-order valence-corrected chi connectivity index (χ2v) is 10.6. The van der Waals surface area contributed by atoms with Crippen LogP contribution in [0.5, 0.6) is 0 Å². The van der Waals surface area contributed by atoms with Gasteiger partial charge in [0.1, 0.15) is 13.2 Å². The average Bonchev–Trinajstić information content (AvgIpc) is 3.04. The number of ether oxygens (including phenoxy) is 3. The lowest BCUT2D eigenvalue weighted by atomic mass is 9.94. The first kappa shape index (κ1) is 36.0. The van der Waals surface area contributed by atoms with E-state index in [4.69, 9.17) is 20.6 Å². The van der Waals surface area contributed by atoms with Crippen LogP contribution in [0.3, 0.4) is 0 Å². The number of allylic oxidation sites excluding steroid dienone is 4. The molecule has 44 heavy (non-hydrogen) atoms. The van der Waals surface area contributed by atoms with Crippen molar-refractivity contribution in [1.82, 2.24) is 0 Å². The SMILES string of the molecule is C#C/C(=C\C=C(/CCC)c1ccc(C(COC(=O)C(=C)CO)COC(=O)C(=C)COC)cc1)c1ccc(CCCCC)cc1. The molecule has 0 aliphatic rings. The van der Waals surface area contributed by atoms with Crippen LogP contribution in [-0.4, -0.2) is 50.6 Å². The van der Waals surface area contributed by atoms with Crippen LogP contribution in [0, 0.1) is 12.3 Å². The zero-order valence-electron chi connectivity index (χ0n) is 26.4. The van der Waals surface area contributed by atoms with Gasteiger partial charge in [0.25, 0.3) is 0 Å². The average molecular weight is 599 g/mol. The van der Waals surface area contributed by atoms with E-state index >= 15 is 0 Å². The summed E-state index contributed by atoms with van der Waals surface area (Å²) in [5.74, 6) is 1.09. The number of aryl methyl sites for hydroxylation is 1. The van der Waals surface area contributed by atoms with Gasteiger partial charge in [0.15, 0.2) is 0 Å². The molecule has 0 radical (unpaired) electrons. The zero-order chi connectivity index (χ0) is 32.3. The molecule has 0 fully saturated rings. The minimum absolute atomic E-state index is 0.0386. The summed E-state index contributed by atoms with van der Waals surface area (Å²) in [5.41, 5.74) is 6.26. The maximum atomic E-state index is 12.3. The van der Waals surface area contributed by atoms with Gasteiger partial charge in [-0.2, -0.15) is 0 Å². The summed E-state index contributed by atoms with van der Waals surface area (Å²) in [7, 11) is 1.47. The van der Waals surface area contributed by atoms with Crippen molar-refractivity contribution in [2.24, 2.45) is 0 Å². The smallest absolute Gasteiger partial charge is 0.335 e. The molecule has 0 amide bonds. The second kappa shape index (κ2) is 19.9. The van der Waals surface area contributed by atoms with E-state index in [1.165, 1.54) is 31.9 Å². The fourth-order valence-corrected chi connectivity index (χ4v) is 4.50. The largest absolute Gasteiger partial charge is 0.461 e. The van der Waals surface area contributed by atoms with Crippen molar-refractivity contribution in [3.05, 3.63) is 107 Å². The molecule has 0 saturated carbocycles. The molecule has 2 aromatic carbocycles. The van der Waals surface area contributed by atoms with Crippen molar-refractivity contribution in [2.75, 3.05) is 33.5 Å².